The molecule has 0 saturated carbocycles. The fourth-order valence-corrected chi connectivity index (χ4v) is 5.29. The molecule has 1 N–H and O–H groups in total. The lowest BCUT2D eigenvalue weighted by Gasteiger charge is -2.41. The normalized spacial score (nSPS) is 17.1. The van der Waals surface area contributed by atoms with Gasteiger partial charge in [-0.1, -0.05) is 36.4 Å². The second kappa shape index (κ2) is 10.5. The number of nitrogens with one attached hydrogen (secondary N) is 1. The van der Waals surface area contributed by atoms with Crippen LogP contribution < -0.4 is 10.1 Å². The number of nitrogens with zero attached hydrogens (tertiary/aromatic N) is 2. The van der Waals surface area contributed by atoms with Gasteiger partial charge >= 0.3 is 0 Å². The lowest BCUT2D eigenvalue weighted by Crippen LogP contribution is -2.47. The van der Waals surface area contributed by atoms with Gasteiger partial charge in [-0.2, -0.15) is 0 Å². The molecule has 0 fully saturated rings. The number of methoxy groups -OCH3 is 1. The van der Waals surface area contributed by atoms with Gasteiger partial charge in [0.25, 0.3) is 5.91 Å². The highest BCUT2D eigenvalue weighted by atomic mass is 16.5. The van der Waals surface area contributed by atoms with Gasteiger partial charge < -0.3 is 24.3 Å². The molecule has 7 nitrogen and oxygen atoms in total. The van der Waals surface area contributed by atoms with Crippen LogP contribution in [-0.2, 0) is 16.6 Å². The van der Waals surface area contributed by atoms with Crippen LogP contribution in [0, 0.1) is 0 Å². The standard InChI is InChI=1S/C30H31N3O4/c1-4-37-21-15-13-20(14-16-21)31-29(34)27-23-10-5-6-11-24(23)30(35)33(17-18-36-3)28(27)25-19-32(2)26-12-8-7-9-22(25)26/h5-16,19,27-28H,4,17-18H2,1-3H3,(H,31,34). The van der Waals surface area contributed by atoms with E-state index in [2.05, 4.69) is 5.32 Å². The SMILES string of the molecule is CCOc1ccc(NC(=O)C2c3ccccc3C(=O)N(CCOC)C2c2cn(C)c3ccccc23)cc1. The van der Waals surface area contributed by atoms with Gasteiger partial charge in [-0.15, -0.1) is 0 Å². The van der Waals surface area contributed by atoms with E-state index in [1.165, 1.54) is 0 Å². The van der Waals surface area contributed by atoms with Crippen LogP contribution in [-0.4, -0.2) is 48.1 Å². The topological polar surface area (TPSA) is 72.8 Å². The first-order valence-corrected chi connectivity index (χ1v) is 12.5. The molecule has 2 atom stereocenters. The van der Waals surface area contributed by atoms with E-state index in [9.17, 15) is 9.59 Å². The maximum absolute atomic E-state index is 14.1. The molecule has 2 unspecified atom stereocenters. The van der Waals surface area contributed by atoms with Crippen LogP contribution in [0.4, 0.5) is 5.69 Å². The Balaban J connectivity index is 1.63. The smallest absolute Gasteiger partial charge is 0.254 e. The largest absolute Gasteiger partial charge is 0.494 e. The number of carbonyl (C=O) groups excluding carboxylic acids is 2. The zero-order valence-corrected chi connectivity index (χ0v) is 21.3. The van der Waals surface area contributed by atoms with E-state index in [-0.39, 0.29) is 11.8 Å². The molecule has 37 heavy (non-hydrogen) atoms. The summed E-state index contributed by atoms with van der Waals surface area (Å²) in [7, 11) is 3.60. The molecule has 190 valence electrons. The van der Waals surface area contributed by atoms with Crippen LogP contribution in [0.1, 0.15) is 40.4 Å². The maximum atomic E-state index is 14.1. The number of fused-ring (bicyclic) bond motifs is 2. The zero-order valence-electron chi connectivity index (χ0n) is 21.3. The Bertz CT molecular complexity index is 1430. The van der Waals surface area contributed by atoms with Crippen molar-refractivity contribution >= 4 is 28.4 Å². The van der Waals surface area contributed by atoms with Gasteiger partial charge in [0.05, 0.1) is 25.2 Å². The Hall–Kier alpha value is -4.10. The van der Waals surface area contributed by atoms with Crippen molar-refractivity contribution in [1.29, 1.82) is 0 Å². The van der Waals surface area contributed by atoms with E-state index in [1.54, 1.807) is 18.1 Å². The lowest BCUT2D eigenvalue weighted by atomic mass is 9.79. The van der Waals surface area contributed by atoms with E-state index in [0.29, 0.717) is 31.0 Å². The molecule has 3 aromatic carbocycles. The van der Waals surface area contributed by atoms with Crippen LogP contribution in [0.5, 0.6) is 5.75 Å². The van der Waals surface area contributed by atoms with Crippen molar-refractivity contribution in [3.05, 3.63) is 95.7 Å². The van der Waals surface area contributed by atoms with Gasteiger partial charge in [0.1, 0.15) is 5.75 Å². The van der Waals surface area contributed by atoms with Crippen LogP contribution in [0.3, 0.4) is 0 Å². The van der Waals surface area contributed by atoms with Crippen molar-refractivity contribution in [3.63, 3.8) is 0 Å². The van der Waals surface area contributed by atoms with Crippen molar-refractivity contribution in [3.8, 4) is 5.75 Å². The molecule has 1 aliphatic rings. The van der Waals surface area contributed by atoms with Gasteiger partial charge in [0.2, 0.25) is 5.91 Å². The predicted octanol–water partition coefficient (Wildman–Crippen LogP) is 5.14. The Morgan fingerprint density at radius 1 is 0.973 bits per heavy atom. The Kier molecular flexibility index (Phi) is 6.97. The van der Waals surface area contributed by atoms with Gasteiger partial charge in [-0.3, -0.25) is 9.59 Å². The number of rotatable bonds is 8. The molecule has 2 amide bonds. The van der Waals surface area contributed by atoms with Crippen LogP contribution >= 0.6 is 0 Å². The summed E-state index contributed by atoms with van der Waals surface area (Å²) >= 11 is 0. The average molecular weight is 498 g/mol. The van der Waals surface area contributed by atoms with Crippen molar-refractivity contribution in [1.82, 2.24) is 9.47 Å². The number of benzene rings is 3. The van der Waals surface area contributed by atoms with E-state index in [1.807, 2.05) is 91.5 Å². The van der Waals surface area contributed by atoms with Crippen LogP contribution in [0.15, 0.2) is 79.0 Å². The number of carbonyl (C=O) groups is 2. The molecule has 0 spiro atoms. The lowest BCUT2D eigenvalue weighted by molar-refractivity contribution is -0.119. The number of ether oxygens (including phenoxy) is 2. The highest BCUT2D eigenvalue weighted by Crippen LogP contribution is 2.45. The minimum atomic E-state index is -0.622. The van der Waals surface area contributed by atoms with E-state index in [4.69, 9.17) is 9.47 Å². The van der Waals surface area contributed by atoms with Crippen LogP contribution in [0.25, 0.3) is 10.9 Å². The molecule has 0 radical (unpaired) electrons. The fraction of sp³-hybridized carbons (Fsp3) is 0.267. The maximum Gasteiger partial charge on any atom is 0.254 e. The highest BCUT2D eigenvalue weighted by molar-refractivity contribution is 6.05. The summed E-state index contributed by atoms with van der Waals surface area (Å²) in [6.45, 7) is 3.23. The van der Waals surface area contributed by atoms with Crippen molar-refractivity contribution in [2.75, 3.05) is 32.2 Å². The summed E-state index contributed by atoms with van der Waals surface area (Å²) in [5, 5.41) is 4.11. The molecule has 2 heterocycles. The molecule has 7 heteroatoms. The number of amides is 2. The van der Waals surface area contributed by atoms with Gasteiger partial charge in [-0.25, -0.2) is 0 Å². The molecular weight excluding hydrogens is 466 g/mol. The molecule has 4 aromatic rings. The fourth-order valence-electron chi connectivity index (χ4n) is 5.29. The predicted molar refractivity (Wildman–Crippen MR) is 144 cm³/mol. The van der Waals surface area contributed by atoms with E-state index in [0.717, 1.165) is 27.8 Å². The van der Waals surface area contributed by atoms with Gasteiger partial charge in [-0.05, 0) is 48.9 Å². The second-order valence-electron chi connectivity index (χ2n) is 9.16. The van der Waals surface area contributed by atoms with E-state index < -0.39 is 12.0 Å². The molecule has 5 rings (SSSR count). The van der Waals surface area contributed by atoms with Crippen molar-refractivity contribution < 1.29 is 19.1 Å². The van der Waals surface area contributed by atoms with Crippen molar-refractivity contribution in [2.24, 2.45) is 7.05 Å². The Labute approximate surface area is 216 Å². The Morgan fingerprint density at radius 3 is 2.46 bits per heavy atom. The zero-order chi connectivity index (χ0) is 25.9. The molecule has 0 bridgehead atoms. The number of aromatic nitrogens is 1. The number of para-hydroxylation sites is 1. The molecular formula is C30H31N3O4. The first-order valence-electron chi connectivity index (χ1n) is 12.5. The van der Waals surface area contributed by atoms with E-state index >= 15 is 0 Å². The first kappa shape index (κ1) is 24.6. The summed E-state index contributed by atoms with van der Waals surface area (Å²) < 4.78 is 13.0. The van der Waals surface area contributed by atoms with Crippen LogP contribution in [0.2, 0.25) is 0 Å². The number of hydrogen-bond donors (Lipinski definition) is 1. The summed E-state index contributed by atoms with van der Waals surface area (Å²) in [5.41, 5.74) is 3.91. The Morgan fingerprint density at radius 2 is 1.70 bits per heavy atom. The summed E-state index contributed by atoms with van der Waals surface area (Å²) in [5.74, 6) is -0.156. The number of hydrogen-bond acceptors (Lipinski definition) is 4. The third kappa shape index (κ3) is 4.58. The second-order valence-corrected chi connectivity index (χ2v) is 9.16. The third-order valence-corrected chi connectivity index (χ3v) is 6.94. The highest BCUT2D eigenvalue weighted by Gasteiger charge is 2.45. The number of anilines is 1. The monoisotopic (exact) mass is 497 g/mol. The molecule has 1 aromatic heterocycles. The summed E-state index contributed by atoms with van der Waals surface area (Å²) in [6.07, 6.45) is 2.04. The minimum absolute atomic E-state index is 0.101. The molecule has 1 aliphatic heterocycles. The first-order chi connectivity index (χ1) is 18.0. The molecule has 0 saturated heterocycles. The quantitative estimate of drug-likeness (QED) is 0.366. The molecule has 0 aliphatic carbocycles. The minimum Gasteiger partial charge on any atom is -0.494 e. The third-order valence-electron chi connectivity index (χ3n) is 6.94. The number of aryl methyl sites for hydroxylation is 1. The summed E-state index contributed by atoms with van der Waals surface area (Å²) in [4.78, 5) is 29.7. The van der Waals surface area contributed by atoms with Gasteiger partial charge in [0, 0.05) is 54.6 Å². The summed E-state index contributed by atoms with van der Waals surface area (Å²) in [6, 6.07) is 22.3. The van der Waals surface area contributed by atoms with Gasteiger partial charge in [0.15, 0.2) is 0 Å². The average Bonchev–Trinajstić information content (AvgIpc) is 3.25. The van der Waals surface area contributed by atoms with Crippen molar-refractivity contribution in [2.45, 2.75) is 18.9 Å².